The van der Waals surface area contributed by atoms with Gasteiger partial charge in [-0.3, -0.25) is 14.2 Å². The van der Waals surface area contributed by atoms with Crippen LogP contribution in [0.15, 0.2) is 18.6 Å². The monoisotopic (exact) mass is 262 g/mol. The molecule has 2 rings (SSSR count). The maximum atomic E-state index is 12.0. The molecule has 7 heteroatoms. The third kappa shape index (κ3) is 2.93. The smallest absolute Gasteiger partial charge is 0.271 e. The zero-order chi connectivity index (χ0) is 13.8. The standard InChI is InChI=1S/C12H18N6O/c1-3-18-11(10(13)7-16-18)12(19)14-5-4-9-6-15-17(2)8-9/h6-8H,3-5,13H2,1-2H3,(H,14,19). The minimum absolute atomic E-state index is 0.194. The van der Waals surface area contributed by atoms with Gasteiger partial charge in [0.1, 0.15) is 5.69 Å². The summed E-state index contributed by atoms with van der Waals surface area (Å²) in [5.41, 5.74) is 7.66. The molecule has 0 aliphatic carbocycles. The van der Waals surface area contributed by atoms with Crippen LogP contribution in [-0.4, -0.2) is 32.0 Å². The van der Waals surface area contributed by atoms with E-state index in [0.717, 1.165) is 12.0 Å². The predicted molar refractivity (Wildman–Crippen MR) is 71.6 cm³/mol. The van der Waals surface area contributed by atoms with E-state index in [1.165, 1.54) is 6.20 Å². The molecular weight excluding hydrogens is 244 g/mol. The molecule has 0 unspecified atom stereocenters. The van der Waals surface area contributed by atoms with Crippen molar-refractivity contribution in [3.63, 3.8) is 0 Å². The quantitative estimate of drug-likeness (QED) is 0.804. The molecule has 2 heterocycles. The predicted octanol–water partition coefficient (Wildman–Crippen LogP) is 0.191. The number of hydrogen-bond donors (Lipinski definition) is 2. The first-order valence-corrected chi connectivity index (χ1v) is 6.18. The van der Waals surface area contributed by atoms with Gasteiger partial charge in [0.05, 0.1) is 18.1 Å². The van der Waals surface area contributed by atoms with Crippen LogP contribution < -0.4 is 11.1 Å². The van der Waals surface area contributed by atoms with Gasteiger partial charge in [0.2, 0.25) is 0 Å². The summed E-state index contributed by atoms with van der Waals surface area (Å²) < 4.78 is 3.33. The van der Waals surface area contributed by atoms with Gasteiger partial charge in [-0.15, -0.1) is 0 Å². The number of nitrogens with one attached hydrogen (secondary N) is 1. The maximum absolute atomic E-state index is 12.0. The molecule has 7 nitrogen and oxygen atoms in total. The first-order chi connectivity index (χ1) is 9.11. The molecule has 0 atom stereocenters. The van der Waals surface area contributed by atoms with Crippen LogP contribution >= 0.6 is 0 Å². The average molecular weight is 262 g/mol. The number of amides is 1. The lowest BCUT2D eigenvalue weighted by Gasteiger charge is -2.07. The average Bonchev–Trinajstić information content (AvgIpc) is 2.95. The van der Waals surface area contributed by atoms with E-state index in [0.29, 0.717) is 24.5 Å². The van der Waals surface area contributed by atoms with Crippen LogP contribution in [0.2, 0.25) is 0 Å². The number of carbonyl (C=O) groups is 1. The summed E-state index contributed by atoms with van der Waals surface area (Å²) in [7, 11) is 1.86. The highest BCUT2D eigenvalue weighted by Crippen LogP contribution is 2.10. The topological polar surface area (TPSA) is 90.8 Å². The third-order valence-corrected chi connectivity index (χ3v) is 2.84. The summed E-state index contributed by atoms with van der Waals surface area (Å²) in [4.78, 5) is 12.0. The van der Waals surface area contributed by atoms with Crippen molar-refractivity contribution < 1.29 is 4.79 Å². The van der Waals surface area contributed by atoms with Crippen LogP contribution in [0, 0.1) is 0 Å². The number of nitrogens with two attached hydrogens (primary N) is 1. The van der Waals surface area contributed by atoms with E-state index in [4.69, 9.17) is 5.73 Å². The summed E-state index contributed by atoms with van der Waals surface area (Å²) in [6.07, 6.45) is 5.95. The van der Waals surface area contributed by atoms with Gasteiger partial charge in [-0.2, -0.15) is 10.2 Å². The van der Waals surface area contributed by atoms with Crippen molar-refractivity contribution in [2.24, 2.45) is 7.05 Å². The lowest BCUT2D eigenvalue weighted by atomic mass is 10.2. The van der Waals surface area contributed by atoms with E-state index in [1.54, 1.807) is 15.6 Å². The van der Waals surface area contributed by atoms with Crippen molar-refractivity contribution in [1.29, 1.82) is 0 Å². The molecule has 0 saturated heterocycles. The molecule has 3 N–H and O–H groups in total. The molecule has 19 heavy (non-hydrogen) atoms. The van der Waals surface area contributed by atoms with Gasteiger partial charge in [0.25, 0.3) is 5.91 Å². The molecule has 1 amide bonds. The summed E-state index contributed by atoms with van der Waals surface area (Å²) in [6, 6.07) is 0. The number of nitrogens with zero attached hydrogens (tertiary/aromatic N) is 4. The lowest BCUT2D eigenvalue weighted by molar-refractivity contribution is 0.0944. The Hall–Kier alpha value is -2.31. The Morgan fingerprint density at radius 2 is 2.21 bits per heavy atom. The van der Waals surface area contributed by atoms with E-state index in [2.05, 4.69) is 15.5 Å². The summed E-state index contributed by atoms with van der Waals surface area (Å²) in [5.74, 6) is -0.194. The van der Waals surface area contributed by atoms with E-state index in [1.807, 2.05) is 20.2 Å². The summed E-state index contributed by atoms with van der Waals surface area (Å²) in [6.45, 7) is 3.07. The molecule has 0 radical (unpaired) electrons. The number of hydrogen-bond acceptors (Lipinski definition) is 4. The van der Waals surface area contributed by atoms with Crippen LogP contribution in [0.1, 0.15) is 23.0 Å². The SMILES string of the molecule is CCn1ncc(N)c1C(=O)NCCc1cnn(C)c1. The van der Waals surface area contributed by atoms with Crippen LogP contribution in [0.3, 0.4) is 0 Å². The zero-order valence-electron chi connectivity index (χ0n) is 11.1. The van der Waals surface area contributed by atoms with Crippen molar-refractivity contribution in [2.45, 2.75) is 19.9 Å². The van der Waals surface area contributed by atoms with Crippen LogP contribution in [-0.2, 0) is 20.0 Å². The molecule has 2 aromatic heterocycles. The van der Waals surface area contributed by atoms with Gasteiger partial charge in [0, 0.05) is 26.3 Å². The molecular formula is C12H18N6O. The number of aryl methyl sites for hydroxylation is 2. The maximum Gasteiger partial charge on any atom is 0.271 e. The van der Waals surface area contributed by atoms with Gasteiger partial charge < -0.3 is 11.1 Å². The Balaban J connectivity index is 1.92. The van der Waals surface area contributed by atoms with Crippen molar-refractivity contribution >= 4 is 11.6 Å². The van der Waals surface area contributed by atoms with Gasteiger partial charge in [-0.05, 0) is 18.9 Å². The number of aromatic nitrogens is 4. The van der Waals surface area contributed by atoms with E-state index in [-0.39, 0.29) is 5.91 Å². The minimum atomic E-state index is -0.194. The van der Waals surface area contributed by atoms with E-state index in [9.17, 15) is 4.79 Å². The first-order valence-electron chi connectivity index (χ1n) is 6.18. The fourth-order valence-corrected chi connectivity index (χ4v) is 1.89. The van der Waals surface area contributed by atoms with Crippen molar-refractivity contribution in [3.8, 4) is 0 Å². The molecule has 0 bridgehead atoms. The molecule has 0 aromatic carbocycles. The van der Waals surface area contributed by atoms with Crippen LogP contribution in [0.5, 0.6) is 0 Å². The molecule has 0 spiro atoms. The Labute approximate surface area is 111 Å². The minimum Gasteiger partial charge on any atom is -0.396 e. The second-order valence-corrected chi connectivity index (χ2v) is 4.29. The van der Waals surface area contributed by atoms with Crippen LogP contribution in [0.4, 0.5) is 5.69 Å². The summed E-state index contributed by atoms with van der Waals surface area (Å²) >= 11 is 0. The van der Waals surface area contributed by atoms with E-state index >= 15 is 0 Å². The van der Waals surface area contributed by atoms with Gasteiger partial charge >= 0.3 is 0 Å². The zero-order valence-corrected chi connectivity index (χ0v) is 11.1. The Bertz CT molecular complexity index is 571. The highest BCUT2D eigenvalue weighted by Gasteiger charge is 2.15. The number of rotatable bonds is 5. The highest BCUT2D eigenvalue weighted by atomic mass is 16.2. The number of nitrogen functional groups attached to an aromatic ring is 1. The van der Waals surface area contributed by atoms with Crippen LogP contribution in [0.25, 0.3) is 0 Å². The molecule has 2 aromatic rings. The van der Waals surface area contributed by atoms with Crippen molar-refractivity contribution in [2.75, 3.05) is 12.3 Å². The molecule has 0 saturated carbocycles. The fourth-order valence-electron chi connectivity index (χ4n) is 1.89. The largest absolute Gasteiger partial charge is 0.396 e. The molecule has 0 aliphatic heterocycles. The molecule has 0 aliphatic rings. The lowest BCUT2D eigenvalue weighted by Crippen LogP contribution is -2.28. The summed E-state index contributed by atoms with van der Waals surface area (Å²) in [5, 5.41) is 11.0. The van der Waals surface area contributed by atoms with E-state index < -0.39 is 0 Å². The van der Waals surface area contributed by atoms with Gasteiger partial charge in [0.15, 0.2) is 0 Å². The second-order valence-electron chi connectivity index (χ2n) is 4.29. The van der Waals surface area contributed by atoms with Crippen molar-refractivity contribution in [3.05, 3.63) is 29.8 Å². The van der Waals surface area contributed by atoms with Crippen molar-refractivity contribution in [1.82, 2.24) is 24.9 Å². The Morgan fingerprint density at radius 3 is 2.84 bits per heavy atom. The third-order valence-electron chi connectivity index (χ3n) is 2.84. The fraction of sp³-hybridized carbons (Fsp3) is 0.417. The first kappa shape index (κ1) is 13.1. The number of carbonyl (C=O) groups excluding carboxylic acids is 1. The second kappa shape index (κ2) is 5.55. The molecule has 0 fully saturated rings. The Morgan fingerprint density at radius 1 is 1.42 bits per heavy atom. The highest BCUT2D eigenvalue weighted by molar-refractivity contribution is 5.97. The normalized spacial score (nSPS) is 10.6. The number of anilines is 1. The van der Waals surface area contributed by atoms with Gasteiger partial charge in [-0.1, -0.05) is 0 Å². The Kier molecular flexibility index (Phi) is 3.84. The molecule has 102 valence electrons. The van der Waals surface area contributed by atoms with Gasteiger partial charge in [-0.25, -0.2) is 0 Å².